The van der Waals surface area contributed by atoms with Gasteiger partial charge in [-0.1, -0.05) is 0 Å². The number of nitrogens with zero attached hydrogens (tertiary/aromatic N) is 2. The molecule has 2 heterocycles. The Balaban J connectivity index is 1.67. The first-order valence-corrected chi connectivity index (χ1v) is 8.75. The average molecular weight is 358 g/mol. The first-order valence-electron chi connectivity index (χ1n) is 8.75. The summed E-state index contributed by atoms with van der Waals surface area (Å²) in [7, 11) is 1.64. The van der Waals surface area contributed by atoms with Crippen LogP contribution in [0.25, 0.3) is 0 Å². The Kier molecular flexibility index (Phi) is 6.14. The SMILES string of the molecule is COc1ccc(NC(N)=NCC(c2ccc(C)o2)N2CCOCC2)cc1. The van der Waals surface area contributed by atoms with Gasteiger partial charge < -0.3 is 24.9 Å². The molecule has 0 amide bonds. The smallest absolute Gasteiger partial charge is 0.193 e. The largest absolute Gasteiger partial charge is 0.497 e. The lowest BCUT2D eigenvalue weighted by molar-refractivity contribution is 0.0135. The van der Waals surface area contributed by atoms with E-state index in [0.717, 1.165) is 49.3 Å². The van der Waals surface area contributed by atoms with E-state index in [0.29, 0.717) is 12.5 Å². The minimum atomic E-state index is 0.0452. The Morgan fingerprint density at radius 1 is 1.23 bits per heavy atom. The van der Waals surface area contributed by atoms with Gasteiger partial charge >= 0.3 is 0 Å². The summed E-state index contributed by atoms with van der Waals surface area (Å²) in [5.74, 6) is 2.97. The fourth-order valence-electron chi connectivity index (χ4n) is 2.95. The van der Waals surface area contributed by atoms with Gasteiger partial charge in [-0.25, -0.2) is 0 Å². The summed E-state index contributed by atoms with van der Waals surface area (Å²) in [4.78, 5) is 6.86. The standard InChI is InChI=1S/C19H26N4O3/c1-14-3-8-18(26-14)17(23-9-11-25-12-10-23)13-21-19(20)22-15-4-6-16(24-2)7-5-15/h3-8,17H,9-13H2,1-2H3,(H3,20,21,22). The van der Waals surface area contributed by atoms with Crippen LogP contribution in [0.15, 0.2) is 45.8 Å². The molecular weight excluding hydrogens is 332 g/mol. The molecule has 1 aliphatic rings. The van der Waals surface area contributed by atoms with Gasteiger partial charge in [-0.2, -0.15) is 0 Å². The van der Waals surface area contributed by atoms with Gasteiger partial charge in [0.15, 0.2) is 5.96 Å². The lowest BCUT2D eigenvalue weighted by Crippen LogP contribution is -2.40. The van der Waals surface area contributed by atoms with Gasteiger partial charge in [-0.3, -0.25) is 9.89 Å². The molecule has 0 spiro atoms. The molecule has 1 fully saturated rings. The van der Waals surface area contributed by atoms with Gasteiger partial charge in [0.2, 0.25) is 0 Å². The number of methoxy groups -OCH3 is 1. The van der Waals surface area contributed by atoms with Gasteiger partial charge in [0.25, 0.3) is 0 Å². The van der Waals surface area contributed by atoms with E-state index in [4.69, 9.17) is 19.6 Å². The molecule has 1 unspecified atom stereocenters. The van der Waals surface area contributed by atoms with Crippen LogP contribution in [0.2, 0.25) is 0 Å². The number of aryl methyl sites for hydroxylation is 1. The number of benzene rings is 1. The highest BCUT2D eigenvalue weighted by Crippen LogP contribution is 2.24. The van der Waals surface area contributed by atoms with Crippen LogP contribution in [-0.4, -0.2) is 50.8 Å². The third kappa shape index (κ3) is 4.77. The van der Waals surface area contributed by atoms with Crippen molar-refractivity contribution in [3.8, 4) is 5.75 Å². The molecular formula is C19H26N4O3. The lowest BCUT2D eigenvalue weighted by Gasteiger charge is -2.32. The highest BCUT2D eigenvalue weighted by atomic mass is 16.5. The van der Waals surface area contributed by atoms with Crippen LogP contribution in [-0.2, 0) is 4.74 Å². The Bertz CT molecular complexity index is 721. The van der Waals surface area contributed by atoms with Gasteiger partial charge in [-0.15, -0.1) is 0 Å². The summed E-state index contributed by atoms with van der Waals surface area (Å²) in [6, 6.07) is 11.6. The Hall–Kier alpha value is -2.51. The van der Waals surface area contributed by atoms with Crippen molar-refractivity contribution >= 4 is 11.6 Å². The van der Waals surface area contributed by atoms with Gasteiger partial charge in [0, 0.05) is 18.8 Å². The minimum Gasteiger partial charge on any atom is -0.497 e. The van der Waals surface area contributed by atoms with Crippen LogP contribution in [0.1, 0.15) is 17.6 Å². The molecule has 0 saturated carbocycles. The molecule has 1 atom stereocenters. The van der Waals surface area contributed by atoms with E-state index in [2.05, 4.69) is 15.2 Å². The van der Waals surface area contributed by atoms with Crippen molar-refractivity contribution in [2.24, 2.45) is 10.7 Å². The van der Waals surface area contributed by atoms with Crippen LogP contribution >= 0.6 is 0 Å². The molecule has 140 valence electrons. The second-order valence-electron chi connectivity index (χ2n) is 6.19. The van der Waals surface area contributed by atoms with Gasteiger partial charge in [0.05, 0.1) is 32.9 Å². The molecule has 7 nitrogen and oxygen atoms in total. The molecule has 3 N–H and O–H groups in total. The zero-order valence-electron chi connectivity index (χ0n) is 15.3. The van der Waals surface area contributed by atoms with Crippen molar-refractivity contribution in [3.63, 3.8) is 0 Å². The number of hydrogen-bond donors (Lipinski definition) is 2. The quantitative estimate of drug-likeness (QED) is 0.609. The molecule has 1 aromatic carbocycles. The van der Waals surface area contributed by atoms with E-state index >= 15 is 0 Å². The summed E-state index contributed by atoms with van der Waals surface area (Å²) in [6.45, 7) is 5.61. The maximum atomic E-state index is 6.07. The van der Waals surface area contributed by atoms with E-state index in [1.807, 2.05) is 43.3 Å². The molecule has 26 heavy (non-hydrogen) atoms. The highest BCUT2D eigenvalue weighted by molar-refractivity contribution is 5.92. The summed E-state index contributed by atoms with van der Waals surface area (Å²) in [6.07, 6.45) is 0. The zero-order chi connectivity index (χ0) is 18.4. The molecule has 0 aliphatic carbocycles. The fourth-order valence-corrected chi connectivity index (χ4v) is 2.95. The van der Waals surface area contributed by atoms with Crippen molar-refractivity contribution in [3.05, 3.63) is 47.9 Å². The van der Waals surface area contributed by atoms with Crippen LogP contribution < -0.4 is 15.8 Å². The van der Waals surface area contributed by atoms with Crippen molar-refractivity contribution in [2.75, 3.05) is 45.3 Å². The number of rotatable bonds is 6. The minimum absolute atomic E-state index is 0.0452. The maximum Gasteiger partial charge on any atom is 0.193 e. The normalized spacial score (nSPS) is 17.1. The van der Waals surface area contributed by atoms with Gasteiger partial charge in [0.1, 0.15) is 17.3 Å². The molecule has 2 aromatic rings. The number of aliphatic imine (C=N–C) groups is 1. The summed E-state index contributed by atoms with van der Waals surface area (Å²) in [5.41, 5.74) is 6.94. The van der Waals surface area contributed by atoms with E-state index in [1.165, 1.54) is 0 Å². The summed E-state index contributed by atoms with van der Waals surface area (Å²) in [5, 5.41) is 3.11. The number of nitrogens with one attached hydrogen (secondary N) is 1. The second-order valence-corrected chi connectivity index (χ2v) is 6.19. The fraction of sp³-hybridized carbons (Fsp3) is 0.421. The molecule has 3 rings (SSSR count). The van der Waals surface area contributed by atoms with Crippen LogP contribution in [0.5, 0.6) is 5.75 Å². The second kappa shape index (κ2) is 8.73. The van der Waals surface area contributed by atoms with E-state index < -0.39 is 0 Å². The molecule has 1 saturated heterocycles. The third-order valence-corrected chi connectivity index (χ3v) is 4.37. The molecule has 0 bridgehead atoms. The number of ether oxygens (including phenoxy) is 2. The summed E-state index contributed by atoms with van der Waals surface area (Å²) < 4.78 is 16.5. The zero-order valence-corrected chi connectivity index (χ0v) is 15.3. The highest BCUT2D eigenvalue weighted by Gasteiger charge is 2.25. The maximum absolute atomic E-state index is 6.07. The Labute approximate surface area is 153 Å². The Morgan fingerprint density at radius 3 is 2.58 bits per heavy atom. The number of nitrogens with two attached hydrogens (primary N) is 1. The van der Waals surface area contributed by atoms with Gasteiger partial charge in [-0.05, 0) is 43.3 Å². The number of hydrogen-bond acceptors (Lipinski definition) is 5. The van der Waals surface area contributed by atoms with Crippen LogP contribution in [0.3, 0.4) is 0 Å². The first-order chi connectivity index (χ1) is 12.7. The first kappa shape index (κ1) is 18.3. The van der Waals surface area contributed by atoms with Crippen molar-refractivity contribution in [1.82, 2.24) is 4.90 Å². The third-order valence-electron chi connectivity index (χ3n) is 4.37. The number of morpholine rings is 1. The van der Waals surface area contributed by atoms with E-state index in [9.17, 15) is 0 Å². The van der Waals surface area contributed by atoms with Crippen molar-refractivity contribution in [2.45, 2.75) is 13.0 Å². The topological polar surface area (TPSA) is 85.2 Å². The number of guanidine groups is 1. The lowest BCUT2D eigenvalue weighted by atomic mass is 10.1. The average Bonchev–Trinajstić information content (AvgIpc) is 3.09. The molecule has 1 aliphatic heterocycles. The van der Waals surface area contributed by atoms with Crippen molar-refractivity contribution < 1.29 is 13.9 Å². The van der Waals surface area contributed by atoms with Crippen LogP contribution in [0.4, 0.5) is 5.69 Å². The monoisotopic (exact) mass is 358 g/mol. The molecule has 1 aromatic heterocycles. The number of anilines is 1. The summed E-state index contributed by atoms with van der Waals surface area (Å²) >= 11 is 0. The van der Waals surface area contributed by atoms with E-state index in [-0.39, 0.29) is 6.04 Å². The van der Waals surface area contributed by atoms with E-state index in [1.54, 1.807) is 7.11 Å². The number of furan rings is 1. The Morgan fingerprint density at radius 2 is 1.96 bits per heavy atom. The molecule has 0 radical (unpaired) electrons. The predicted octanol–water partition coefficient (Wildman–Crippen LogP) is 2.40. The van der Waals surface area contributed by atoms with Crippen LogP contribution in [0, 0.1) is 6.92 Å². The van der Waals surface area contributed by atoms with Crippen molar-refractivity contribution in [1.29, 1.82) is 0 Å². The predicted molar refractivity (Wildman–Crippen MR) is 102 cm³/mol. The molecule has 7 heteroatoms.